The van der Waals surface area contributed by atoms with Gasteiger partial charge in [-0.05, 0) is 64.4 Å². The fourth-order valence-corrected chi connectivity index (χ4v) is 2.89. The Balaban J connectivity index is 1.86. The molecule has 154 valence electrons. The highest BCUT2D eigenvalue weighted by Gasteiger charge is 2.17. The molecule has 0 aliphatic rings. The summed E-state index contributed by atoms with van der Waals surface area (Å²) in [4.78, 5) is 18.0. The highest BCUT2D eigenvalue weighted by molar-refractivity contribution is 5.86. The molecule has 0 saturated heterocycles. The van der Waals surface area contributed by atoms with Crippen LogP contribution in [0.25, 0.3) is 10.8 Å². The number of rotatable bonds is 8. The number of aliphatic hydroxyl groups is 1. The molecule has 7 nitrogen and oxygen atoms in total. The van der Waals surface area contributed by atoms with Crippen LogP contribution in [0.15, 0.2) is 30.5 Å². The summed E-state index contributed by atoms with van der Waals surface area (Å²) in [5.74, 6) is 0.732. The number of ether oxygens (including phenoxy) is 2. The smallest absolute Gasteiger partial charge is 0.407 e. The number of carbonyl (C=O) groups excluding carboxylic acids is 1. The molecule has 0 aliphatic heterocycles. The van der Waals surface area contributed by atoms with E-state index in [1.54, 1.807) is 13.3 Å². The Labute approximate surface area is 166 Å². The second kappa shape index (κ2) is 9.71. The normalized spacial score (nSPS) is 12.8. The van der Waals surface area contributed by atoms with Crippen LogP contribution < -0.4 is 10.1 Å². The second-order valence-electron chi connectivity index (χ2n) is 7.84. The number of hydrogen-bond donors (Lipinski definition) is 2. The van der Waals surface area contributed by atoms with Gasteiger partial charge in [0.25, 0.3) is 0 Å². The van der Waals surface area contributed by atoms with Crippen molar-refractivity contribution in [1.29, 1.82) is 0 Å². The molecule has 2 N–H and O–H groups in total. The van der Waals surface area contributed by atoms with E-state index in [0.717, 1.165) is 29.5 Å². The Hall–Kier alpha value is -2.38. The van der Waals surface area contributed by atoms with E-state index in [1.165, 1.54) is 0 Å². The van der Waals surface area contributed by atoms with Gasteiger partial charge in [-0.2, -0.15) is 0 Å². The lowest BCUT2D eigenvalue weighted by Crippen LogP contribution is -2.34. The fraction of sp³-hybridized carbons (Fsp3) is 0.524. The Morgan fingerprint density at radius 1 is 1.32 bits per heavy atom. The minimum absolute atomic E-state index is 0.413. The number of benzene rings is 1. The van der Waals surface area contributed by atoms with E-state index in [1.807, 2.05) is 57.0 Å². The summed E-state index contributed by atoms with van der Waals surface area (Å²) in [7, 11) is 3.55. The zero-order valence-electron chi connectivity index (χ0n) is 17.4. The van der Waals surface area contributed by atoms with Gasteiger partial charge in [0.15, 0.2) is 0 Å². The summed E-state index contributed by atoms with van der Waals surface area (Å²) >= 11 is 0. The third-order valence-electron chi connectivity index (χ3n) is 4.19. The van der Waals surface area contributed by atoms with E-state index in [0.29, 0.717) is 18.8 Å². The quantitative estimate of drug-likeness (QED) is 0.675. The van der Waals surface area contributed by atoms with E-state index in [4.69, 9.17) is 9.47 Å². The number of aromatic nitrogens is 1. The summed E-state index contributed by atoms with van der Waals surface area (Å²) in [5.41, 5.74) is 0.134. The van der Waals surface area contributed by atoms with E-state index in [-0.39, 0.29) is 0 Å². The largest absolute Gasteiger partial charge is 0.497 e. The Morgan fingerprint density at radius 3 is 2.75 bits per heavy atom. The Bertz CT molecular complexity index is 789. The van der Waals surface area contributed by atoms with Gasteiger partial charge in [0.1, 0.15) is 17.5 Å². The van der Waals surface area contributed by atoms with Crippen molar-refractivity contribution in [1.82, 2.24) is 15.2 Å². The van der Waals surface area contributed by atoms with Gasteiger partial charge in [-0.3, -0.25) is 4.98 Å². The number of nitrogens with one attached hydrogen (secondary N) is 1. The topological polar surface area (TPSA) is 83.9 Å². The first-order valence-electron chi connectivity index (χ1n) is 9.45. The molecule has 1 aromatic heterocycles. The van der Waals surface area contributed by atoms with E-state index in [2.05, 4.69) is 10.3 Å². The second-order valence-corrected chi connectivity index (χ2v) is 7.84. The molecule has 0 spiro atoms. The van der Waals surface area contributed by atoms with Gasteiger partial charge in [-0.15, -0.1) is 0 Å². The number of pyridine rings is 1. The molecule has 0 radical (unpaired) electrons. The minimum Gasteiger partial charge on any atom is -0.497 e. The van der Waals surface area contributed by atoms with Gasteiger partial charge in [-0.1, -0.05) is 6.07 Å². The van der Waals surface area contributed by atoms with Crippen molar-refractivity contribution in [3.8, 4) is 5.75 Å². The molecule has 1 amide bonds. The summed E-state index contributed by atoms with van der Waals surface area (Å²) in [6.07, 6.45) is 1.32. The lowest BCUT2D eigenvalue weighted by Gasteiger charge is -2.22. The zero-order valence-corrected chi connectivity index (χ0v) is 17.4. The van der Waals surface area contributed by atoms with Gasteiger partial charge in [0, 0.05) is 24.7 Å². The van der Waals surface area contributed by atoms with E-state index in [9.17, 15) is 9.90 Å². The van der Waals surface area contributed by atoms with Gasteiger partial charge in [0.05, 0.1) is 12.8 Å². The minimum atomic E-state index is -0.723. The average molecular weight is 389 g/mol. The SMILES string of the molecule is COc1ccc2ccnc(C(O)CN(C)CCCNC(=O)OC(C)(C)C)c2c1. The van der Waals surface area contributed by atoms with Crippen molar-refractivity contribution >= 4 is 16.9 Å². The monoisotopic (exact) mass is 389 g/mol. The van der Waals surface area contributed by atoms with Crippen molar-refractivity contribution in [2.45, 2.75) is 38.9 Å². The first kappa shape index (κ1) is 21.9. The molecule has 0 bridgehead atoms. The van der Waals surface area contributed by atoms with Crippen LogP contribution in [0.3, 0.4) is 0 Å². The van der Waals surface area contributed by atoms with Crippen LogP contribution in [0.2, 0.25) is 0 Å². The van der Waals surface area contributed by atoms with Crippen LogP contribution >= 0.6 is 0 Å². The van der Waals surface area contributed by atoms with Crippen molar-refractivity contribution in [2.24, 2.45) is 0 Å². The molecule has 2 rings (SSSR count). The van der Waals surface area contributed by atoms with Crippen LogP contribution in [0.5, 0.6) is 5.75 Å². The molecule has 1 atom stereocenters. The van der Waals surface area contributed by atoms with Gasteiger partial charge >= 0.3 is 6.09 Å². The Kier molecular flexibility index (Phi) is 7.60. The molecule has 28 heavy (non-hydrogen) atoms. The molecule has 0 fully saturated rings. The Morgan fingerprint density at radius 2 is 2.07 bits per heavy atom. The fourth-order valence-electron chi connectivity index (χ4n) is 2.89. The van der Waals surface area contributed by atoms with Crippen LogP contribution in [-0.4, -0.2) is 60.5 Å². The number of likely N-dealkylation sites (N-methyl/N-ethyl adjacent to an activating group) is 1. The van der Waals surface area contributed by atoms with Crippen LogP contribution in [-0.2, 0) is 4.74 Å². The van der Waals surface area contributed by atoms with Crippen molar-refractivity contribution in [2.75, 3.05) is 33.8 Å². The van der Waals surface area contributed by atoms with Crippen LogP contribution in [0.1, 0.15) is 39.0 Å². The molecule has 1 unspecified atom stereocenters. The molecule has 2 aromatic rings. The number of carbonyl (C=O) groups is 1. The van der Waals surface area contributed by atoms with E-state index >= 15 is 0 Å². The van der Waals surface area contributed by atoms with Crippen LogP contribution in [0, 0.1) is 0 Å². The number of fused-ring (bicyclic) bond motifs is 1. The first-order chi connectivity index (χ1) is 13.2. The number of amides is 1. The average Bonchev–Trinajstić information content (AvgIpc) is 2.62. The zero-order chi connectivity index (χ0) is 20.7. The lowest BCUT2D eigenvalue weighted by atomic mass is 10.1. The summed E-state index contributed by atoms with van der Waals surface area (Å²) in [6.45, 7) is 7.17. The molecular weight excluding hydrogens is 358 g/mol. The molecule has 0 saturated carbocycles. The van der Waals surface area contributed by atoms with Crippen molar-refractivity contribution in [3.63, 3.8) is 0 Å². The maximum atomic E-state index is 11.6. The van der Waals surface area contributed by atoms with E-state index < -0.39 is 17.8 Å². The number of aliphatic hydroxyl groups excluding tert-OH is 1. The standard InChI is InChI=1S/C21H31N3O4/c1-21(2,3)28-20(26)23-10-6-12-24(4)14-18(25)19-17-13-16(27-5)8-7-15(17)9-11-22-19/h7-9,11,13,18,25H,6,10,12,14H2,1-5H3,(H,23,26). The first-order valence-corrected chi connectivity index (χ1v) is 9.45. The van der Waals surface area contributed by atoms with Crippen molar-refractivity contribution < 1.29 is 19.4 Å². The molecule has 0 aliphatic carbocycles. The maximum absolute atomic E-state index is 11.6. The molecule has 7 heteroatoms. The maximum Gasteiger partial charge on any atom is 0.407 e. The van der Waals surface area contributed by atoms with Crippen molar-refractivity contribution in [3.05, 3.63) is 36.2 Å². The summed E-state index contributed by atoms with van der Waals surface area (Å²) < 4.78 is 10.5. The number of methoxy groups -OCH3 is 1. The van der Waals surface area contributed by atoms with Gasteiger partial charge < -0.3 is 24.8 Å². The summed E-state index contributed by atoms with van der Waals surface area (Å²) in [6, 6.07) is 7.66. The third kappa shape index (κ3) is 6.65. The van der Waals surface area contributed by atoms with Gasteiger partial charge in [-0.25, -0.2) is 4.79 Å². The highest BCUT2D eigenvalue weighted by atomic mass is 16.6. The number of nitrogens with zero attached hydrogens (tertiary/aromatic N) is 2. The third-order valence-corrected chi connectivity index (χ3v) is 4.19. The number of alkyl carbamates (subject to hydrolysis) is 1. The van der Waals surface area contributed by atoms with Crippen LogP contribution in [0.4, 0.5) is 4.79 Å². The predicted molar refractivity (Wildman–Crippen MR) is 110 cm³/mol. The predicted octanol–water partition coefficient (Wildman–Crippen LogP) is 3.12. The highest BCUT2D eigenvalue weighted by Crippen LogP contribution is 2.26. The summed E-state index contributed by atoms with van der Waals surface area (Å²) in [5, 5.41) is 15.3. The number of hydrogen-bond acceptors (Lipinski definition) is 6. The molecule has 1 heterocycles. The lowest BCUT2D eigenvalue weighted by molar-refractivity contribution is 0.0524. The molecule has 1 aromatic carbocycles. The molecular formula is C21H31N3O4. The van der Waals surface area contributed by atoms with Gasteiger partial charge in [0.2, 0.25) is 0 Å².